The molecular formula is C22H25N7O4S. The minimum absolute atomic E-state index is 0.00414. The quantitative estimate of drug-likeness (QED) is 0.511. The Bertz CT molecular complexity index is 1290. The van der Waals surface area contributed by atoms with Crippen LogP contribution in [-0.4, -0.2) is 67.1 Å². The average Bonchev–Trinajstić information content (AvgIpc) is 2.84. The molecule has 178 valence electrons. The number of anilines is 3. The molecule has 1 fully saturated rings. The molecule has 2 aromatic heterocycles. The summed E-state index contributed by atoms with van der Waals surface area (Å²) in [5.74, 6) is 1.37. The van der Waals surface area contributed by atoms with Gasteiger partial charge in [-0.3, -0.25) is 4.79 Å². The number of hydrogen-bond donors (Lipinski definition) is 2. The molecule has 0 atom stereocenters. The number of piperazine rings is 1. The first-order chi connectivity index (χ1) is 16.3. The van der Waals surface area contributed by atoms with Crippen molar-refractivity contribution in [2.45, 2.75) is 11.8 Å². The number of primary amides is 1. The summed E-state index contributed by atoms with van der Waals surface area (Å²) in [7, 11) is -2.41. The molecule has 0 spiro atoms. The molecule has 1 saturated heterocycles. The number of ether oxygens (including phenoxy) is 1. The lowest BCUT2D eigenvalue weighted by Gasteiger charge is -2.34. The maximum atomic E-state index is 13.1. The Morgan fingerprint density at radius 3 is 2.41 bits per heavy atom. The number of nitrogens with zero attached hydrogens (tertiary/aromatic N) is 5. The van der Waals surface area contributed by atoms with Crippen LogP contribution in [0.4, 0.5) is 17.5 Å². The van der Waals surface area contributed by atoms with E-state index in [-0.39, 0.29) is 29.3 Å². The van der Waals surface area contributed by atoms with Crippen LogP contribution in [0.2, 0.25) is 0 Å². The van der Waals surface area contributed by atoms with Crippen molar-refractivity contribution >= 4 is 33.4 Å². The van der Waals surface area contributed by atoms with Crippen LogP contribution >= 0.6 is 0 Å². The summed E-state index contributed by atoms with van der Waals surface area (Å²) in [6.07, 6.45) is 1.72. The van der Waals surface area contributed by atoms with Crippen LogP contribution in [0, 0.1) is 6.92 Å². The summed E-state index contributed by atoms with van der Waals surface area (Å²) in [6, 6.07) is 11.5. The van der Waals surface area contributed by atoms with Crippen molar-refractivity contribution in [3.8, 4) is 5.75 Å². The number of rotatable bonds is 7. The van der Waals surface area contributed by atoms with E-state index in [0.29, 0.717) is 30.5 Å². The lowest BCUT2D eigenvalue weighted by atomic mass is 10.2. The van der Waals surface area contributed by atoms with Crippen molar-refractivity contribution in [3.63, 3.8) is 0 Å². The second-order valence-corrected chi connectivity index (χ2v) is 9.68. The van der Waals surface area contributed by atoms with E-state index in [1.807, 2.05) is 30.0 Å². The van der Waals surface area contributed by atoms with Crippen molar-refractivity contribution in [2.75, 3.05) is 43.5 Å². The van der Waals surface area contributed by atoms with Crippen LogP contribution < -0.4 is 20.7 Å². The van der Waals surface area contributed by atoms with Gasteiger partial charge in [0.15, 0.2) is 11.6 Å². The number of aryl methyl sites for hydroxylation is 1. The van der Waals surface area contributed by atoms with Gasteiger partial charge in [-0.15, -0.1) is 10.2 Å². The molecule has 3 aromatic rings. The molecule has 3 N–H and O–H groups in total. The van der Waals surface area contributed by atoms with E-state index in [9.17, 15) is 13.2 Å². The monoisotopic (exact) mass is 483 g/mol. The number of pyridine rings is 1. The van der Waals surface area contributed by atoms with E-state index in [1.165, 1.54) is 29.6 Å². The Morgan fingerprint density at radius 2 is 1.79 bits per heavy atom. The maximum absolute atomic E-state index is 13.1. The zero-order valence-electron chi connectivity index (χ0n) is 18.8. The van der Waals surface area contributed by atoms with Gasteiger partial charge in [-0.25, -0.2) is 13.4 Å². The fourth-order valence-corrected chi connectivity index (χ4v) is 5.09. The zero-order chi connectivity index (χ0) is 24.3. The molecule has 1 aromatic carbocycles. The SMILES string of the molecule is COc1ccc(S(=O)(=O)N2CCN(c3ccc(Nc4cc(C)ccn4)nn3)CC2)cc1C(N)=O. The highest BCUT2D eigenvalue weighted by Gasteiger charge is 2.30. The number of carbonyl (C=O) groups excluding carboxylic acids is 1. The smallest absolute Gasteiger partial charge is 0.252 e. The molecule has 1 aliphatic rings. The number of amides is 1. The van der Waals surface area contributed by atoms with Gasteiger partial charge in [0.05, 0.1) is 17.6 Å². The second kappa shape index (κ2) is 9.61. The Labute approximate surface area is 197 Å². The van der Waals surface area contributed by atoms with Gasteiger partial charge in [0.2, 0.25) is 10.0 Å². The number of hydrogen-bond acceptors (Lipinski definition) is 9. The fourth-order valence-electron chi connectivity index (χ4n) is 3.64. The van der Waals surface area contributed by atoms with E-state index < -0.39 is 15.9 Å². The molecule has 0 radical (unpaired) electrons. The summed E-state index contributed by atoms with van der Waals surface area (Å²) in [6.45, 7) is 3.38. The predicted molar refractivity (Wildman–Crippen MR) is 127 cm³/mol. The van der Waals surface area contributed by atoms with Crippen LogP contribution in [0.25, 0.3) is 0 Å². The summed E-state index contributed by atoms with van der Waals surface area (Å²) in [5, 5.41) is 11.6. The first-order valence-electron chi connectivity index (χ1n) is 10.5. The Kier molecular flexibility index (Phi) is 6.61. The third-order valence-corrected chi connectivity index (χ3v) is 7.35. The van der Waals surface area contributed by atoms with Gasteiger partial charge in [0.25, 0.3) is 5.91 Å². The molecule has 0 saturated carbocycles. The number of nitrogens with two attached hydrogens (primary N) is 1. The molecule has 0 unspecified atom stereocenters. The maximum Gasteiger partial charge on any atom is 0.252 e. The number of carbonyl (C=O) groups is 1. The first-order valence-corrected chi connectivity index (χ1v) is 12.0. The minimum Gasteiger partial charge on any atom is -0.496 e. The minimum atomic E-state index is -3.80. The van der Waals surface area contributed by atoms with Gasteiger partial charge < -0.3 is 20.7 Å². The van der Waals surface area contributed by atoms with Crippen molar-refractivity contribution in [3.05, 3.63) is 59.8 Å². The molecule has 11 nitrogen and oxygen atoms in total. The molecule has 0 aliphatic carbocycles. The molecule has 0 bridgehead atoms. The Morgan fingerprint density at radius 1 is 1.03 bits per heavy atom. The van der Waals surface area contributed by atoms with Gasteiger partial charge in [-0.1, -0.05) is 0 Å². The standard InChI is InChI=1S/C22H25N7O4S/c1-15-7-8-24-20(13-15)25-19-5-6-21(27-26-19)28-9-11-29(12-10-28)34(31,32)16-3-4-18(33-2)17(14-16)22(23)30/h3-8,13-14H,9-12H2,1-2H3,(H2,23,30)(H,24,25,26). The molecular weight excluding hydrogens is 458 g/mol. The van der Waals surface area contributed by atoms with Gasteiger partial charge in [0, 0.05) is 32.4 Å². The molecule has 1 amide bonds. The summed E-state index contributed by atoms with van der Waals surface area (Å²) in [4.78, 5) is 17.9. The van der Waals surface area contributed by atoms with Gasteiger partial charge in [-0.05, 0) is 55.0 Å². The predicted octanol–water partition coefficient (Wildman–Crippen LogP) is 1.54. The highest BCUT2D eigenvalue weighted by Crippen LogP contribution is 2.26. The molecule has 12 heteroatoms. The fraction of sp³-hybridized carbons (Fsp3) is 0.273. The summed E-state index contributed by atoms with van der Waals surface area (Å²) >= 11 is 0. The lowest BCUT2D eigenvalue weighted by molar-refractivity contribution is 0.0997. The topological polar surface area (TPSA) is 144 Å². The molecule has 4 rings (SSSR count). The number of sulfonamides is 1. The lowest BCUT2D eigenvalue weighted by Crippen LogP contribution is -2.49. The normalized spacial score (nSPS) is 14.6. The van der Waals surface area contributed by atoms with Crippen LogP contribution in [0.15, 0.2) is 53.6 Å². The third kappa shape index (κ3) is 4.92. The highest BCUT2D eigenvalue weighted by molar-refractivity contribution is 7.89. The Hall–Kier alpha value is -3.77. The summed E-state index contributed by atoms with van der Waals surface area (Å²) in [5.41, 5.74) is 6.47. The largest absolute Gasteiger partial charge is 0.496 e. The van der Waals surface area contributed by atoms with Crippen LogP contribution in [0.3, 0.4) is 0 Å². The zero-order valence-corrected chi connectivity index (χ0v) is 19.6. The van der Waals surface area contributed by atoms with Crippen LogP contribution in [0.5, 0.6) is 5.75 Å². The number of benzene rings is 1. The molecule has 34 heavy (non-hydrogen) atoms. The molecule has 3 heterocycles. The number of methoxy groups -OCH3 is 1. The first kappa shape index (κ1) is 23.4. The number of aromatic nitrogens is 3. The van der Waals surface area contributed by atoms with Gasteiger partial charge in [0.1, 0.15) is 11.6 Å². The van der Waals surface area contributed by atoms with Crippen molar-refractivity contribution in [1.82, 2.24) is 19.5 Å². The van der Waals surface area contributed by atoms with Crippen molar-refractivity contribution in [1.29, 1.82) is 0 Å². The number of nitrogens with one attached hydrogen (secondary N) is 1. The Balaban J connectivity index is 1.42. The van der Waals surface area contributed by atoms with Crippen molar-refractivity contribution < 1.29 is 17.9 Å². The van der Waals surface area contributed by atoms with E-state index >= 15 is 0 Å². The van der Waals surface area contributed by atoms with Crippen LogP contribution in [-0.2, 0) is 10.0 Å². The van der Waals surface area contributed by atoms with E-state index in [2.05, 4.69) is 20.5 Å². The summed E-state index contributed by atoms with van der Waals surface area (Å²) < 4.78 is 32.7. The van der Waals surface area contributed by atoms with Crippen molar-refractivity contribution in [2.24, 2.45) is 5.73 Å². The van der Waals surface area contributed by atoms with E-state index in [4.69, 9.17) is 10.5 Å². The average molecular weight is 484 g/mol. The van der Waals surface area contributed by atoms with E-state index in [1.54, 1.807) is 12.3 Å². The molecule has 1 aliphatic heterocycles. The van der Waals surface area contributed by atoms with Gasteiger partial charge in [-0.2, -0.15) is 4.31 Å². The van der Waals surface area contributed by atoms with Crippen LogP contribution in [0.1, 0.15) is 15.9 Å². The second-order valence-electron chi connectivity index (χ2n) is 7.74. The van der Waals surface area contributed by atoms with Gasteiger partial charge >= 0.3 is 0 Å². The highest BCUT2D eigenvalue weighted by atomic mass is 32.2. The van der Waals surface area contributed by atoms with E-state index in [0.717, 1.165) is 5.56 Å². The third-order valence-electron chi connectivity index (χ3n) is 5.46.